The Hall–Kier alpha value is -2.72. The number of nitrogens with zero attached hydrogens (tertiary/aromatic N) is 5. The number of likely N-dealkylation sites (N-methyl/N-ethyl adjacent to an activating group) is 1. The lowest BCUT2D eigenvalue weighted by Gasteiger charge is -2.30. The molecule has 1 aliphatic rings. The number of fused-ring (bicyclic) bond motifs is 1. The van der Waals surface area contributed by atoms with Gasteiger partial charge in [-0.15, -0.1) is 5.10 Å². The Labute approximate surface area is 216 Å². The fraction of sp³-hybridized carbons (Fsp3) is 0.577. The maximum absolute atomic E-state index is 13.5. The van der Waals surface area contributed by atoms with Crippen LogP contribution < -0.4 is 15.5 Å². The predicted molar refractivity (Wildman–Crippen MR) is 145 cm³/mol. The third-order valence-electron chi connectivity index (χ3n) is 6.23. The van der Waals surface area contributed by atoms with Crippen molar-refractivity contribution in [3.63, 3.8) is 0 Å². The van der Waals surface area contributed by atoms with Crippen molar-refractivity contribution in [1.29, 1.82) is 0 Å². The van der Waals surface area contributed by atoms with Gasteiger partial charge < -0.3 is 20.4 Å². The summed E-state index contributed by atoms with van der Waals surface area (Å²) < 4.78 is 15.2. The summed E-state index contributed by atoms with van der Waals surface area (Å²) >= 11 is 1.42. The molecule has 1 fully saturated rings. The molecule has 3 aromatic rings. The van der Waals surface area contributed by atoms with E-state index in [2.05, 4.69) is 43.2 Å². The zero-order valence-corrected chi connectivity index (χ0v) is 22.8. The number of imidazole rings is 1. The molecule has 0 radical (unpaired) electrons. The second kappa shape index (κ2) is 11.1. The van der Waals surface area contributed by atoms with E-state index in [0.717, 1.165) is 42.5 Å². The van der Waals surface area contributed by atoms with E-state index in [1.807, 2.05) is 11.9 Å². The number of benzene rings is 1. The van der Waals surface area contributed by atoms with Crippen LogP contribution in [0.1, 0.15) is 47.0 Å². The highest BCUT2D eigenvalue weighted by Gasteiger charge is 2.23. The van der Waals surface area contributed by atoms with E-state index < -0.39 is 0 Å². The molecular weight excluding hydrogens is 477 g/mol. The number of rotatable bonds is 9. The van der Waals surface area contributed by atoms with E-state index in [4.69, 9.17) is 10.1 Å². The van der Waals surface area contributed by atoms with Gasteiger partial charge in [0, 0.05) is 31.2 Å². The first-order valence-corrected chi connectivity index (χ1v) is 13.5. The van der Waals surface area contributed by atoms with Gasteiger partial charge in [-0.05, 0) is 83.3 Å². The molecule has 0 bridgehead atoms. The van der Waals surface area contributed by atoms with E-state index >= 15 is 0 Å². The van der Waals surface area contributed by atoms with Crippen molar-refractivity contribution < 1.29 is 9.18 Å². The molecule has 1 atom stereocenters. The molecule has 1 aliphatic heterocycles. The van der Waals surface area contributed by atoms with Crippen LogP contribution in [0.15, 0.2) is 24.3 Å². The largest absolute Gasteiger partial charge is 0.364 e. The van der Waals surface area contributed by atoms with Crippen LogP contribution in [0.2, 0.25) is 0 Å². The zero-order valence-electron chi connectivity index (χ0n) is 22.0. The normalized spacial score (nSPS) is 16.9. The maximum atomic E-state index is 13.5. The van der Waals surface area contributed by atoms with E-state index in [-0.39, 0.29) is 23.8 Å². The van der Waals surface area contributed by atoms with Crippen LogP contribution in [0, 0.1) is 11.7 Å². The van der Waals surface area contributed by atoms with Gasteiger partial charge in [-0.25, -0.2) is 9.37 Å². The summed E-state index contributed by atoms with van der Waals surface area (Å²) in [5, 5.41) is 12.0. The number of nitrogens with one attached hydrogen (secondary N) is 2. The first-order valence-electron chi connectivity index (χ1n) is 12.7. The molecule has 10 heteroatoms. The Morgan fingerprint density at radius 1 is 1.28 bits per heavy atom. The van der Waals surface area contributed by atoms with Crippen LogP contribution in [0.4, 0.5) is 15.3 Å². The summed E-state index contributed by atoms with van der Waals surface area (Å²) in [6.07, 6.45) is 3.55. The fourth-order valence-electron chi connectivity index (χ4n) is 4.53. The Balaban J connectivity index is 1.39. The SMILES string of the molecule is CC1CCCN(CCCNC(=O)CN(C)c2nn3c(NC(C)(C)C)c(-c4ccc(F)cc4)nc3s2)C1. The van der Waals surface area contributed by atoms with Crippen LogP contribution in [-0.2, 0) is 4.79 Å². The maximum Gasteiger partial charge on any atom is 0.239 e. The minimum Gasteiger partial charge on any atom is -0.364 e. The van der Waals surface area contributed by atoms with Gasteiger partial charge in [0.05, 0.1) is 6.54 Å². The Morgan fingerprint density at radius 2 is 2.03 bits per heavy atom. The van der Waals surface area contributed by atoms with Gasteiger partial charge in [0.15, 0.2) is 5.82 Å². The molecule has 1 saturated heterocycles. The van der Waals surface area contributed by atoms with Crippen molar-refractivity contribution in [2.24, 2.45) is 5.92 Å². The molecule has 36 heavy (non-hydrogen) atoms. The molecule has 0 aliphatic carbocycles. The van der Waals surface area contributed by atoms with E-state index in [0.29, 0.717) is 16.6 Å². The van der Waals surface area contributed by atoms with Crippen molar-refractivity contribution in [3.05, 3.63) is 30.1 Å². The predicted octanol–water partition coefficient (Wildman–Crippen LogP) is 4.48. The molecule has 2 aromatic heterocycles. The number of carbonyl (C=O) groups excluding carboxylic acids is 1. The lowest BCUT2D eigenvalue weighted by Crippen LogP contribution is -2.38. The average molecular weight is 516 g/mol. The van der Waals surface area contributed by atoms with Crippen molar-refractivity contribution in [3.8, 4) is 11.3 Å². The van der Waals surface area contributed by atoms with Crippen LogP contribution in [0.25, 0.3) is 16.2 Å². The van der Waals surface area contributed by atoms with Crippen LogP contribution in [0.3, 0.4) is 0 Å². The summed E-state index contributed by atoms with van der Waals surface area (Å²) in [6.45, 7) is 12.8. The first kappa shape index (κ1) is 26.3. The summed E-state index contributed by atoms with van der Waals surface area (Å²) in [7, 11) is 1.87. The second-order valence-electron chi connectivity index (χ2n) is 10.9. The molecule has 2 N–H and O–H groups in total. The first-order chi connectivity index (χ1) is 17.1. The Morgan fingerprint density at radius 3 is 2.72 bits per heavy atom. The fourth-order valence-corrected chi connectivity index (χ4v) is 5.39. The van der Waals surface area contributed by atoms with E-state index in [9.17, 15) is 9.18 Å². The van der Waals surface area contributed by atoms with E-state index in [1.165, 1.54) is 42.9 Å². The van der Waals surface area contributed by atoms with Crippen molar-refractivity contribution in [2.45, 2.75) is 52.5 Å². The van der Waals surface area contributed by atoms with Gasteiger partial charge in [0.1, 0.15) is 11.5 Å². The highest BCUT2D eigenvalue weighted by molar-refractivity contribution is 7.20. The monoisotopic (exact) mass is 515 g/mol. The van der Waals surface area contributed by atoms with Crippen LogP contribution >= 0.6 is 11.3 Å². The molecule has 1 aromatic carbocycles. The van der Waals surface area contributed by atoms with Crippen molar-refractivity contribution >= 4 is 33.2 Å². The lowest BCUT2D eigenvalue weighted by molar-refractivity contribution is -0.119. The number of piperidine rings is 1. The topological polar surface area (TPSA) is 77.8 Å². The molecule has 8 nitrogen and oxygen atoms in total. The third kappa shape index (κ3) is 6.73. The van der Waals surface area contributed by atoms with Gasteiger partial charge in [0.25, 0.3) is 0 Å². The molecule has 3 heterocycles. The highest BCUT2D eigenvalue weighted by Crippen LogP contribution is 2.34. The second-order valence-corrected chi connectivity index (χ2v) is 11.8. The lowest BCUT2D eigenvalue weighted by atomic mass is 10.0. The number of carbonyl (C=O) groups is 1. The summed E-state index contributed by atoms with van der Waals surface area (Å²) in [4.78, 5) is 22.4. The number of hydrogen-bond donors (Lipinski definition) is 2. The van der Waals surface area contributed by atoms with Crippen LogP contribution in [0.5, 0.6) is 0 Å². The number of halogens is 1. The zero-order chi connectivity index (χ0) is 25.9. The minimum atomic E-state index is -0.286. The van der Waals surface area contributed by atoms with Gasteiger partial charge in [0.2, 0.25) is 16.0 Å². The molecule has 1 amide bonds. The quantitative estimate of drug-likeness (QED) is 0.409. The van der Waals surface area contributed by atoms with Gasteiger partial charge in [-0.2, -0.15) is 4.52 Å². The number of anilines is 2. The molecule has 0 saturated carbocycles. The number of aromatic nitrogens is 3. The highest BCUT2D eigenvalue weighted by atomic mass is 32.1. The molecule has 1 unspecified atom stereocenters. The standard InChI is InChI=1S/C26H38FN7OS/c1-18-8-6-14-33(16-18)15-7-13-28-21(35)17-32(5)25-31-34-23(30-26(2,3)4)22(29-24(34)36-25)19-9-11-20(27)12-10-19/h9-12,18,30H,6-8,13-17H2,1-5H3,(H,28,35). The van der Waals surface area contributed by atoms with Gasteiger partial charge in [-0.3, -0.25) is 4.79 Å². The molecule has 0 spiro atoms. The smallest absolute Gasteiger partial charge is 0.239 e. The van der Waals surface area contributed by atoms with E-state index in [1.54, 1.807) is 16.6 Å². The van der Waals surface area contributed by atoms with Crippen molar-refractivity contribution in [2.75, 3.05) is 50.0 Å². The molecule has 4 rings (SSSR count). The van der Waals surface area contributed by atoms with Crippen LogP contribution in [-0.4, -0.2) is 70.7 Å². The Bertz CT molecular complexity index is 1170. The van der Waals surface area contributed by atoms with Gasteiger partial charge in [-0.1, -0.05) is 18.3 Å². The molecule has 196 valence electrons. The van der Waals surface area contributed by atoms with Crippen molar-refractivity contribution in [1.82, 2.24) is 24.8 Å². The Kier molecular flexibility index (Phi) is 8.14. The third-order valence-corrected chi connectivity index (χ3v) is 7.25. The number of hydrogen-bond acceptors (Lipinski definition) is 7. The number of likely N-dealkylation sites (tertiary alicyclic amines) is 1. The minimum absolute atomic E-state index is 0.0163. The summed E-state index contributed by atoms with van der Waals surface area (Å²) in [5.74, 6) is 1.22. The van der Waals surface area contributed by atoms with Gasteiger partial charge >= 0.3 is 0 Å². The number of amides is 1. The molecular formula is C26H38FN7OS. The average Bonchev–Trinajstić information content (AvgIpc) is 3.36. The summed E-state index contributed by atoms with van der Waals surface area (Å²) in [6, 6.07) is 6.31. The summed E-state index contributed by atoms with van der Waals surface area (Å²) in [5.41, 5.74) is 1.31.